The summed E-state index contributed by atoms with van der Waals surface area (Å²) in [6, 6.07) is 0. The molecule has 1 rings (SSSR count). The van der Waals surface area contributed by atoms with Gasteiger partial charge < -0.3 is 9.55 Å². The van der Waals surface area contributed by atoms with Gasteiger partial charge in [0.25, 0.3) is 0 Å². The third-order valence-corrected chi connectivity index (χ3v) is 3.07. The molecule has 1 heterocycles. The van der Waals surface area contributed by atoms with Crippen LogP contribution in [-0.2, 0) is 13.0 Å². The molecule has 0 amide bonds. The number of H-pyrrole nitrogens is 1. The Morgan fingerprint density at radius 3 is 2.73 bits per heavy atom. The van der Waals surface area contributed by atoms with Gasteiger partial charge in [-0.15, -0.1) is 0 Å². The van der Waals surface area contributed by atoms with Crippen LogP contribution in [0.4, 0.5) is 0 Å². The van der Waals surface area contributed by atoms with E-state index in [0.29, 0.717) is 0 Å². The fourth-order valence-electron chi connectivity index (χ4n) is 1.79. The molecule has 1 N–H and O–H groups in total. The molecule has 0 atom stereocenters. The Bertz CT molecular complexity index is 336. The van der Waals surface area contributed by atoms with Gasteiger partial charge in [0.05, 0.1) is 0 Å². The average Bonchev–Trinajstić information content (AvgIpc) is 2.54. The second-order valence-corrected chi connectivity index (χ2v) is 4.87. The first kappa shape index (κ1) is 12.5. The molecule has 0 unspecified atom stereocenters. The zero-order chi connectivity index (χ0) is 11.3. The number of aryl methyl sites for hydroxylation is 1. The number of unbranched alkanes of at least 4 members (excludes halogenated alkanes) is 1. The highest BCUT2D eigenvalue weighted by Gasteiger charge is 2.01. The Morgan fingerprint density at radius 1 is 1.40 bits per heavy atom. The third kappa shape index (κ3) is 3.82. The van der Waals surface area contributed by atoms with E-state index in [9.17, 15) is 0 Å². The summed E-state index contributed by atoms with van der Waals surface area (Å²) >= 11 is 5.25. The minimum atomic E-state index is 0.815. The molecule has 0 saturated heterocycles. The fourth-order valence-corrected chi connectivity index (χ4v) is 2.06. The van der Waals surface area contributed by atoms with Crippen LogP contribution in [0, 0.1) is 10.7 Å². The number of imidazole rings is 1. The predicted molar refractivity (Wildman–Crippen MR) is 67.7 cm³/mol. The second-order valence-electron chi connectivity index (χ2n) is 4.48. The van der Waals surface area contributed by atoms with E-state index >= 15 is 0 Å². The molecule has 3 heteroatoms. The molecule has 0 aliphatic heterocycles. The highest BCUT2D eigenvalue weighted by atomic mass is 32.1. The molecule has 15 heavy (non-hydrogen) atoms. The van der Waals surface area contributed by atoms with Crippen LogP contribution in [0.5, 0.6) is 0 Å². The zero-order valence-electron chi connectivity index (χ0n) is 10.0. The summed E-state index contributed by atoms with van der Waals surface area (Å²) in [6.07, 6.45) is 6.94. The lowest BCUT2D eigenvalue weighted by molar-refractivity contribution is 0.503. The lowest BCUT2D eigenvalue weighted by Gasteiger charge is -2.07. The molecule has 0 aliphatic carbocycles. The lowest BCUT2D eigenvalue weighted by atomic mass is 10.1. The van der Waals surface area contributed by atoms with Crippen molar-refractivity contribution in [3.63, 3.8) is 0 Å². The second kappa shape index (κ2) is 6.11. The molecule has 0 aliphatic rings. The van der Waals surface area contributed by atoms with Crippen molar-refractivity contribution in [2.75, 3.05) is 0 Å². The summed E-state index contributed by atoms with van der Waals surface area (Å²) < 4.78 is 3.10. The Morgan fingerprint density at radius 2 is 2.13 bits per heavy atom. The van der Waals surface area contributed by atoms with Crippen molar-refractivity contribution < 1.29 is 0 Å². The van der Waals surface area contributed by atoms with Crippen LogP contribution in [0.3, 0.4) is 0 Å². The standard InChI is InChI=1S/C12H22N2S/c1-4-11-9-13-12(15)14(11)8-6-5-7-10(2)3/h9-10H,4-8H2,1-3H3,(H,13,15). The van der Waals surface area contributed by atoms with Crippen molar-refractivity contribution in [2.45, 2.75) is 53.0 Å². The van der Waals surface area contributed by atoms with E-state index in [4.69, 9.17) is 12.2 Å². The number of nitrogens with zero attached hydrogens (tertiary/aromatic N) is 1. The maximum atomic E-state index is 5.25. The molecular formula is C12H22N2S. The Kier molecular flexibility index (Phi) is 5.09. The third-order valence-electron chi connectivity index (χ3n) is 2.73. The van der Waals surface area contributed by atoms with E-state index in [1.807, 2.05) is 6.20 Å². The highest BCUT2D eigenvalue weighted by molar-refractivity contribution is 7.71. The first-order chi connectivity index (χ1) is 7.15. The van der Waals surface area contributed by atoms with Crippen LogP contribution in [0.15, 0.2) is 6.20 Å². The predicted octanol–water partition coefficient (Wildman–Crippen LogP) is 3.93. The molecule has 1 aromatic heterocycles. The van der Waals surface area contributed by atoms with Gasteiger partial charge in [-0.3, -0.25) is 0 Å². The Balaban J connectivity index is 2.43. The van der Waals surface area contributed by atoms with Gasteiger partial charge in [0.1, 0.15) is 0 Å². The fraction of sp³-hybridized carbons (Fsp3) is 0.750. The molecule has 0 aromatic carbocycles. The van der Waals surface area contributed by atoms with Crippen LogP contribution in [0.25, 0.3) is 0 Å². The van der Waals surface area contributed by atoms with Crippen molar-refractivity contribution in [2.24, 2.45) is 5.92 Å². The Labute approximate surface area is 97.7 Å². The zero-order valence-corrected chi connectivity index (χ0v) is 10.9. The first-order valence-corrected chi connectivity index (χ1v) is 6.33. The lowest BCUT2D eigenvalue weighted by Crippen LogP contribution is -2.03. The first-order valence-electron chi connectivity index (χ1n) is 5.92. The van der Waals surface area contributed by atoms with Gasteiger partial charge in [-0.2, -0.15) is 0 Å². The van der Waals surface area contributed by atoms with Crippen LogP contribution in [0.2, 0.25) is 0 Å². The topological polar surface area (TPSA) is 20.7 Å². The van der Waals surface area contributed by atoms with E-state index < -0.39 is 0 Å². The molecule has 86 valence electrons. The van der Waals surface area contributed by atoms with Crippen molar-refractivity contribution in [1.82, 2.24) is 9.55 Å². The van der Waals surface area contributed by atoms with Crippen molar-refractivity contribution in [3.05, 3.63) is 16.7 Å². The summed E-state index contributed by atoms with van der Waals surface area (Å²) in [5.74, 6) is 0.815. The van der Waals surface area contributed by atoms with Gasteiger partial charge in [0, 0.05) is 18.4 Å². The van der Waals surface area contributed by atoms with Gasteiger partial charge in [0.15, 0.2) is 4.77 Å². The van der Waals surface area contributed by atoms with Gasteiger partial charge in [0.2, 0.25) is 0 Å². The highest BCUT2D eigenvalue weighted by Crippen LogP contribution is 2.09. The summed E-state index contributed by atoms with van der Waals surface area (Å²) in [5, 5.41) is 0. The monoisotopic (exact) mass is 226 g/mol. The van der Waals surface area contributed by atoms with E-state index in [0.717, 1.165) is 23.7 Å². The van der Waals surface area contributed by atoms with Crippen molar-refractivity contribution in [1.29, 1.82) is 0 Å². The summed E-state index contributed by atoms with van der Waals surface area (Å²) in [6.45, 7) is 7.79. The van der Waals surface area contributed by atoms with Gasteiger partial charge >= 0.3 is 0 Å². The molecule has 0 saturated carbocycles. The largest absolute Gasteiger partial charge is 0.337 e. The molecular weight excluding hydrogens is 204 g/mol. The van der Waals surface area contributed by atoms with Gasteiger partial charge in [-0.25, -0.2) is 0 Å². The Hall–Kier alpha value is -0.570. The van der Waals surface area contributed by atoms with Crippen LogP contribution in [0.1, 0.15) is 45.7 Å². The smallest absolute Gasteiger partial charge is 0.177 e. The number of hydrogen-bond donors (Lipinski definition) is 1. The summed E-state index contributed by atoms with van der Waals surface area (Å²) in [7, 11) is 0. The van der Waals surface area contributed by atoms with Crippen LogP contribution >= 0.6 is 12.2 Å². The van der Waals surface area contributed by atoms with Crippen molar-refractivity contribution in [3.8, 4) is 0 Å². The minimum absolute atomic E-state index is 0.815. The molecule has 2 nitrogen and oxygen atoms in total. The number of rotatable bonds is 6. The molecule has 0 bridgehead atoms. The van der Waals surface area contributed by atoms with Gasteiger partial charge in [-0.1, -0.05) is 33.6 Å². The SMILES string of the molecule is CCc1c[nH]c(=S)n1CCCCC(C)C. The number of aromatic amines is 1. The van der Waals surface area contributed by atoms with E-state index in [2.05, 4.69) is 30.3 Å². The molecule has 1 aromatic rings. The number of hydrogen-bond acceptors (Lipinski definition) is 1. The maximum absolute atomic E-state index is 5.25. The minimum Gasteiger partial charge on any atom is -0.337 e. The molecule has 0 radical (unpaired) electrons. The maximum Gasteiger partial charge on any atom is 0.177 e. The van der Waals surface area contributed by atoms with Crippen LogP contribution in [-0.4, -0.2) is 9.55 Å². The quantitative estimate of drug-likeness (QED) is 0.575. The number of aromatic nitrogens is 2. The van der Waals surface area contributed by atoms with E-state index in [-0.39, 0.29) is 0 Å². The van der Waals surface area contributed by atoms with E-state index in [1.54, 1.807) is 0 Å². The summed E-state index contributed by atoms with van der Waals surface area (Å²) in [4.78, 5) is 3.12. The molecule has 0 fully saturated rings. The van der Waals surface area contributed by atoms with Crippen molar-refractivity contribution >= 4 is 12.2 Å². The van der Waals surface area contributed by atoms with Crippen LogP contribution < -0.4 is 0 Å². The molecule has 0 spiro atoms. The van der Waals surface area contributed by atoms with E-state index in [1.165, 1.54) is 25.0 Å². The average molecular weight is 226 g/mol. The van der Waals surface area contributed by atoms with Gasteiger partial charge in [-0.05, 0) is 31.0 Å². The number of nitrogens with one attached hydrogen (secondary N) is 1. The summed E-state index contributed by atoms with van der Waals surface area (Å²) in [5.41, 5.74) is 1.32. The normalized spacial score (nSPS) is 11.2.